The number of hydrogen-bond donors (Lipinski definition) is 2. The highest BCUT2D eigenvalue weighted by atomic mass is 16.5. The van der Waals surface area contributed by atoms with Crippen molar-refractivity contribution >= 4 is 11.9 Å². The van der Waals surface area contributed by atoms with Crippen molar-refractivity contribution < 1.29 is 4.74 Å². The molecule has 1 rings (SSSR count). The van der Waals surface area contributed by atoms with Crippen LogP contribution in [0.15, 0.2) is 0 Å². The van der Waals surface area contributed by atoms with Crippen molar-refractivity contribution in [2.24, 2.45) is 0 Å². The quantitative estimate of drug-likeness (QED) is 0.658. The molecule has 2 N–H and O–H groups in total. The summed E-state index contributed by atoms with van der Waals surface area (Å²) in [6.07, 6.45) is 3.25. The maximum Gasteiger partial charge on any atom is 0.323 e. The minimum Gasteiger partial charge on any atom is -0.464 e. The second-order valence-electron chi connectivity index (χ2n) is 3.91. The van der Waals surface area contributed by atoms with E-state index < -0.39 is 0 Å². The molecule has 6 heteroatoms. The molecule has 0 atom stereocenters. The summed E-state index contributed by atoms with van der Waals surface area (Å²) >= 11 is 0. The summed E-state index contributed by atoms with van der Waals surface area (Å²) in [5.41, 5.74) is 0. The number of nitrogens with one attached hydrogen (secondary N) is 2. The number of anilines is 2. The van der Waals surface area contributed by atoms with Gasteiger partial charge in [-0.05, 0) is 19.8 Å². The lowest BCUT2D eigenvalue weighted by atomic mass is 10.3. The predicted octanol–water partition coefficient (Wildman–Crippen LogP) is 2.30. The van der Waals surface area contributed by atoms with Crippen LogP contribution >= 0.6 is 0 Å². The molecule has 0 aliphatic carbocycles. The highest BCUT2D eigenvalue weighted by Gasteiger charge is 2.06. The average molecular weight is 253 g/mol. The third-order valence-electron chi connectivity index (χ3n) is 2.23. The zero-order valence-electron chi connectivity index (χ0n) is 11.5. The highest BCUT2D eigenvalue weighted by Crippen LogP contribution is 2.11. The van der Waals surface area contributed by atoms with Crippen molar-refractivity contribution in [3.8, 4) is 6.01 Å². The fourth-order valence-corrected chi connectivity index (χ4v) is 1.32. The van der Waals surface area contributed by atoms with E-state index in [1.807, 2.05) is 6.92 Å². The van der Waals surface area contributed by atoms with Crippen molar-refractivity contribution in [2.75, 3.05) is 30.3 Å². The molecule has 0 aliphatic rings. The third-order valence-corrected chi connectivity index (χ3v) is 2.23. The maximum atomic E-state index is 5.33. The summed E-state index contributed by atoms with van der Waals surface area (Å²) in [6.45, 7) is 8.40. The number of nitrogens with zero attached hydrogens (tertiary/aromatic N) is 3. The molecule has 6 nitrogen and oxygen atoms in total. The van der Waals surface area contributed by atoms with Crippen LogP contribution in [0.5, 0.6) is 6.01 Å². The highest BCUT2D eigenvalue weighted by molar-refractivity contribution is 5.35. The van der Waals surface area contributed by atoms with Crippen LogP contribution in [0.4, 0.5) is 11.9 Å². The zero-order valence-corrected chi connectivity index (χ0v) is 11.5. The van der Waals surface area contributed by atoms with Crippen LogP contribution in [0, 0.1) is 0 Å². The van der Waals surface area contributed by atoms with Crippen LogP contribution in [0.3, 0.4) is 0 Å². The molecule has 0 aliphatic heterocycles. The average Bonchev–Trinajstić information content (AvgIpc) is 2.37. The number of aromatic nitrogens is 3. The lowest BCUT2D eigenvalue weighted by Gasteiger charge is -2.09. The molecular weight excluding hydrogens is 230 g/mol. The van der Waals surface area contributed by atoms with E-state index in [2.05, 4.69) is 39.4 Å². The van der Waals surface area contributed by atoms with E-state index in [1.165, 1.54) is 0 Å². The minimum atomic E-state index is 0.366. The SMILES string of the molecule is CCCCNc1nc(NCCC)nc(OCC)n1. The minimum absolute atomic E-state index is 0.366. The van der Waals surface area contributed by atoms with Gasteiger partial charge in [-0.1, -0.05) is 20.3 Å². The van der Waals surface area contributed by atoms with Gasteiger partial charge in [-0.15, -0.1) is 0 Å². The second kappa shape index (κ2) is 8.49. The van der Waals surface area contributed by atoms with E-state index in [9.17, 15) is 0 Å². The first-order chi connectivity index (χ1) is 8.80. The maximum absolute atomic E-state index is 5.33. The van der Waals surface area contributed by atoms with Crippen molar-refractivity contribution in [2.45, 2.75) is 40.0 Å². The van der Waals surface area contributed by atoms with E-state index in [-0.39, 0.29) is 0 Å². The van der Waals surface area contributed by atoms with Gasteiger partial charge in [0.2, 0.25) is 11.9 Å². The Morgan fingerprint density at radius 1 is 0.889 bits per heavy atom. The first kappa shape index (κ1) is 14.5. The van der Waals surface area contributed by atoms with Gasteiger partial charge in [-0.3, -0.25) is 0 Å². The molecule has 0 saturated heterocycles. The molecular formula is C12H23N5O. The van der Waals surface area contributed by atoms with Crippen LogP contribution in [0.1, 0.15) is 40.0 Å². The molecule has 0 unspecified atom stereocenters. The van der Waals surface area contributed by atoms with Gasteiger partial charge in [0.15, 0.2) is 0 Å². The summed E-state index contributed by atoms with van der Waals surface area (Å²) < 4.78 is 5.33. The number of hydrogen-bond acceptors (Lipinski definition) is 6. The molecule has 0 bridgehead atoms. The summed E-state index contributed by atoms with van der Waals surface area (Å²) in [5, 5.41) is 6.32. The molecule has 0 aromatic carbocycles. The fraction of sp³-hybridized carbons (Fsp3) is 0.750. The largest absolute Gasteiger partial charge is 0.464 e. The van der Waals surface area contributed by atoms with Crippen LogP contribution in [-0.2, 0) is 0 Å². The van der Waals surface area contributed by atoms with Gasteiger partial charge in [0.05, 0.1) is 6.61 Å². The van der Waals surface area contributed by atoms with E-state index in [0.717, 1.165) is 32.4 Å². The van der Waals surface area contributed by atoms with Gasteiger partial charge in [-0.2, -0.15) is 15.0 Å². The summed E-state index contributed by atoms with van der Waals surface area (Å²) in [7, 11) is 0. The molecule has 1 aromatic heterocycles. The van der Waals surface area contributed by atoms with Crippen molar-refractivity contribution in [3.63, 3.8) is 0 Å². The van der Waals surface area contributed by atoms with Crippen LogP contribution < -0.4 is 15.4 Å². The van der Waals surface area contributed by atoms with Gasteiger partial charge in [0.1, 0.15) is 0 Å². The number of unbranched alkanes of at least 4 members (excludes halogenated alkanes) is 1. The predicted molar refractivity (Wildman–Crippen MR) is 73.2 cm³/mol. The number of rotatable bonds is 9. The Morgan fingerprint density at radius 2 is 1.56 bits per heavy atom. The molecule has 0 spiro atoms. The normalized spacial score (nSPS) is 10.2. The zero-order chi connectivity index (χ0) is 13.2. The fourth-order valence-electron chi connectivity index (χ4n) is 1.32. The smallest absolute Gasteiger partial charge is 0.323 e. The van der Waals surface area contributed by atoms with Crippen molar-refractivity contribution in [1.29, 1.82) is 0 Å². The lowest BCUT2D eigenvalue weighted by molar-refractivity contribution is 0.312. The van der Waals surface area contributed by atoms with Gasteiger partial charge in [0.25, 0.3) is 0 Å². The van der Waals surface area contributed by atoms with Crippen molar-refractivity contribution in [1.82, 2.24) is 15.0 Å². The Kier molecular flexibility index (Phi) is 6.83. The summed E-state index contributed by atoms with van der Waals surface area (Å²) in [6, 6.07) is 0.366. The molecule has 0 fully saturated rings. The van der Waals surface area contributed by atoms with E-state index in [0.29, 0.717) is 24.5 Å². The molecule has 0 amide bonds. The topological polar surface area (TPSA) is 72.0 Å². The first-order valence-electron chi connectivity index (χ1n) is 6.66. The molecule has 102 valence electrons. The molecule has 0 saturated carbocycles. The van der Waals surface area contributed by atoms with Gasteiger partial charge in [0, 0.05) is 13.1 Å². The van der Waals surface area contributed by atoms with Gasteiger partial charge in [-0.25, -0.2) is 0 Å². The standard InChI is InChI=1S/C12H23N5O/c1-4-7-9-14-11-15-10(13-8-5-2)16-12(17-11)18-6-3/h4-9H2,1-3H3,(H2,13,14,15,16,17). The van der Waals surface area contributed by atoms with E-state index in [1.54, 1.807) is 0 Å². The Labute approximate surface area is 109 Å². The Hall–Kier alpha value is -1.59. The summed E-state index contributed by atoms with van der Waals surface area (Å²) in [5.74, 6) is 1.13. The van der Waals surface area contributed by atoms with Crippen LogP contribution in [0.25, 0.3) is 0 Å². The monoisotopic (exact) mass is 253 g/mol. The lowest BCUT2D eigenvalue weighted by Crippen LogP contribution is -2.12. The molecule has 1 heterocycles. The molecule has 0 radical (unpaired) electrons. The van der Waals surface area contributed by atoms with Gasteiger partial charge < -0.3 is 15.4 Å². The third kappa shape index (κ3) is 5.16. The number of ether oxygens (including phenoxy) is 1. The Balaban J connectivity index is 2.70. The second-order valence-corrected chi connectivity index (χ2v) is 3.91. The first-order valence-corrected chi connectivity index (χ1v) is 6.66. The van der Waals surface area contributed by atoms with Crippen molar-refractivity contribution in [3.05, 3.63) is 0 Å². The molecule has 1 aromatic rings. The van der Waals surface area contributed by atoms with Crippen LogP contribution in [-0.4, -0.2) is 34.6 Å². The molecule has 18 heavy (non-hydrogen) atoms. The van der Waals surface area contributed by atoms with E-state index >= 15 is 0 Å². The van der Waals surface area contributed by atoms with E-state index in [4.69, 9.17) is 4.74 Å². The van der Waals surface area contributed by atoms with Gasteiger partial charge >= 0.3 is 6.01 Å². The Morgan fingerprint density at radius 3 is 2.11 bits per heavy atom. The summed E-state index contributed by atoms with van der Waals surface area (Å²) in [4.78, 5) is 12.7. The van der Waals surface area contributed by atoms with Crippen LogP contribution in [0.2, 0.25) is 0 Å². The Bertz CT molecular complexity index is 345.